The summed E-state index contributed by atoms with van der Waals surface area (Å²) in [5.74, 6) is 0. The average Bonchev–Trinajstić information content (AvgIpc) is 1.81. The molecule has 0 amide bonds. The van der Waals surface area contributed by atoms with Gasteiger partial charge in [-0.05, 0) is 0 Å². The molecule has 6 heteroatoms. The molecule has 1 fully saturated rings. The summed E-state index contributed by atoms with van der Waals surface area (Å²) >= 11 is 0. The van der Waals surface area contributed by atoms with E-state index < -0.39 is 15.7 Å². The quantitative estimate of drug-likeness (QED) is 0.591. The van der Waals surface area contributed by atoms with E-state index in [4.69, 9.17) is 4.74 Å². The third-order valence-corrected chi connectivity index (χ3v) is 2.20. The van der Waals surface area contributed by atoms with Crippen molar-refractivity contribution in [3.8, 4) is 0 Å². The summed E-state index contributed by atoms with van der Waals surface area (Å²) in [6.07, 6.45) is 1.27. The fourth-order valence-corrected chi connectivity index (χ4v) is 1.25. The molecule has 0 unspecified atom stereocenters. The second kappa shape index (κ2) is 3.29. The molecule has 0 aromatic rings. The first-order chi connectivity index (χ1) is 5.41. The molecular weight excluding hydrogens is 184 g/mol. The third kappa shape index (κ3) is 3.06. The highest BCUT2D eigenvalue weighted by molar-refractivity contribution is 7.85. The second-order valence-electron chi connectivity index (χ2n) is 2.99. The van der Waals surface area contributed by atoms with Gasteiger partial charge in [0, 0.05) is 6.42 Å². The minimum Gasteiger partial charge on any atom is -0.385 e. The predicted octanol–water partition coefficient (Wildman–Crippen LogP) is -0.886. The Bertz CT molecular complexity index is 241. The highest BCUT2D eigenvalue weighted by Crippen LogP contribution is 2.20. The monoisotopic (exact) mass is 196 g/mol. The number of hydrogen-bond donors (Lipinski definition) is 1. The molecule has 0 spiro atoms. The van der Waals surface area contributed by atoms with E-state index >= 15 is 0 Å². The minimum atomic E-state index is -3.38. The molecule has 0 aliphatic carbocycles. The van der Waals surface area contributed by atoms with Crippen LogP contribution in [0.25, 0.3) is 0 Å². The first-order valence-corrected chi connectivity index (χ1v) is 5.38. The van der Waals surface area contributed by atoms with Crippen LogP contribution in [0.1, 0.15) is 6.42 Å². The van der Waals surface area contributed by atoms with E-state index in [2.05, 4.69) is 4.18 Å². The van der Waals surface area contributed by atoms with Gasteiger partial charge in [-0.1, -0.05) is 0 Å². The van der Waals surface area contributed by atoms with Crippen LogP contribution in [0, 0.1) is 0 Å². The Morgan fingerprint density at radius 3 is 2.50 bits per heavy atom. The molecule has 1 N–H and O–H groups in total. The van der Waals surface area contributed by atoms with Gasteiger partial charge >= 0.3 is 0 Å². The fraction of sp³-hybridized carbons (Fsp3) is 1.00. The second-order valence-corrected chi connectivity index (χ2v) is 4.64. The van der Waals surface area contributed by atoms with Crippen molar-refractivity contribution in [3.05, 3.63) is 0 Å². The maximum absolute atomic E-state index is 10.5. The number of ether oxygens (including phenoxy) is 1. The molecule has 1 saturated heterocycles. The van der Waals surface area contributed by atoms with Crippen LogP contribution < -0.4 is 0 Å². The van der Waals surface area contributed by atoms with Crippen LogP contribution >= 0.6 is 0 Å². The van der Waals surface area contributed by atoms with Crippen LogP contribution in [0.5, 0.6) is 0 Å². The fourth-order valence-electron chi connectivity index (χ4n) is 0.865. The van der Waals surface area contributed by atoms with E-state index in [0.717, 1.165) is 6.26 Å². The maximum atomic E-state index is 10.5. The summed E-state index contributed by atoms with van der Waals surface area (Å²) < 4.78 is 30.2. The van der Waals surface area contributed by atoms with Gasteiger partial charge in [0.25, 0.3) is 10.1 Å². The molecule has 1 heterocycles. The van der Waals surface area contributed by atoms with Crippen molar-refractivity contribution in [2.45, 2.75) is 12.0 Å². The summed E-state index contributed by atoms with van der Waals surface area (Å²) in [5, 5.41) is 9.41. The molecule has 0 saturated carbocycles. The lowest BCUT2D eigenvalue weighted by atomic mass is 9.99. The topological polar surface area (TPSA) is 72.8 Å². The van der Waals surface area contributed by atoms with Gasteiger partial charge in [-0.15, -0.1) is 0 Å². The van der Waals surface area contributed by atoms with Crippen molar-refractivity contribution >= 4 is 10.1 Å². The lowest BCUT2D eigenvalue weighted by molar-refractivity contribution is -0.183. The zero-order chi connectivity index (χ0) is 9.24. The van der Waals surface area contributed by atoms with Crippen LogP contribution in [0.3, 0.4) is 0 Å². The largest absolute Gasteiger partial charge is 0.385 e. The molecule has 72 valence electrons. The van der Waals surface area contributed by atoms with E-state index in [0.29, 0.717) is 6.42 Å². The standard InChI is InChI=1S/C6H12O5S/c1-12(8,9)11-3-2-6(7)4-10-5-6/h7H,2-5H2,1H3. The molecule has 0 aromatic heterocycles. The Labute approximate surface area is 71.4 Å². The van der Waals surface area contributed by atoms with Crippen molar-refractivity contribution in [2.75, 3.05) is 26.1 Å². The van der Waals surface area contributed by atoms with Gasteiger partial charge in [0.15, 0.2) is 0 Å². The summed E-state index contributed by atoms with van der Waals surface area (Å²) in [7, 11) is -3.38. The Morgan fingerprint density at radius 2 is 2.17 bits per heavy atom. The van der Waals surface area contributed by atoms with E-state index in [1.165, 1.54) is 0 Å². The van der Waals surface area contributed by atoms with Crippen molar-refractivity contribution in [2.24, 2.45) is 0 Å². The van der Waals surface area contributed by atoms with Crippen LogP contribution in [-0.2, 0) is 19.0 Å². The number of rotatable bonds is 4. The van der Waals surface area contributed by atoms with Crippen molar-refractivity contribution in [1.29, 1.82) is 0 Å². The summed E-state index contributed by atoms with van der Waals surface area (Å²) in [6.45, 7) is 0.541. The molecule has 5 nitrogen and oxygen atoms in total. The van der Waals surface area contributed by atoms with E-state index in [9.17, 15) is 13.5 Å². The summed E-state index contributed by atoms with van der Waals surface area (Å²) in [4.78, 5) is 0. The minimum absolute atomic E-state index is 0.0126. The molecule has 12 heavy (non-hydrogen) atoms. The summed E-state index contributed by atoms with van der Waals surface area (Å²) in [5.41, 5.74) is -0.870. The third-order valence-electron chi connectivity index (χ3n) is 1.61. The Balaban J connectivity index is 2.18. The van der Waals surface area contributed by atoms with Gasteiger partial charge in [0.05, 0.1) is 26.1 Å². The first-order valence-electron chi connectivity index (χ1n) is 3.56. The van der Waals surface area contributed by atoms with Crippen molar-refractivity contribution in [3.63, 3.8) is 0 Å². The molecule has 1 rings (SSSR count). The predicted molar refractivity (Wildman–Crippen MR) is 41.2 cm³/mol. The van der Waals surface area contributed by atoms with Gasteiger partial charge in [-0.3, -0.25) is 4.18 Å². The SMILES string of the molecule is CS(=O)(=O)OCCC1(O)COC1. The lowest BCUT2D eigenvalue weighted by Gasteiger charge is -2.35. The van der Waals surface area contributed by atoms with E-state index in [-0.39, 0.29) is 19.8 Å². The molecule has 1 aliphatic heterocycles. The molecule has 0 radical (unpaired) electrons. The van der Waals surface area contributed by atoms with E-state index in [1.807, 2.05) is 0 Å². The Kier molecular flexibility index (Phi) is 2.72. The Hall–Kier alpha value is -0.170. The normalized spacial score (nSPS) is 21.8. The zero-order valence-electron chi connectivity index (χ0n) is 6.82. The highest BCUT2D eigenvalue weighted by atomic mass is 32.2. The molecule has 1 aliphatic rings. The number of aliphatic hydroxyl groups is 1. The number of hydrogen-bond acceptors (Lipinski definition) is 5. The maximum Gasteiger partial charge on any atom is 0.264 e. The van der Waals surface area contributed by atoms with Gasteiger partial charge in [0.1, 0.15) is 5.60 Å². The van der Waals surface area contributed by atoms with Crippen LogP contribution in [-0.4, -0.2) is 45.2 Å². The first kappa shape index (κ1) is 9.91. The van der Waals surface area contributed by atoms with Gasteiger partial charge in [0.2, 0.25) is 0 Å². The summed E-state index contributed by atoms with van der Waals surface area (Å²) in [6, 6.07) is 0. The van der Waals surface area contributed by atoms with Gasteiger partial charge < -0.3 is 9.84 Å². The molecule has 0 bridgehead atoms. The lowest BCUT2D eigenvalue weighted by Crippen LogP contribution is -2.50. The van der Waals surface area contributed by atoms with Crippen LogP contribution in [0.2, 0.25) is 0 Å². The van der Waals surface area contributed by atoms with Crippen LogP contribution in [0.4, 0.5) is 0 Å². The average molecular weight is 196 g/mol. The Morgan fingerprint density at radius 1 is 1.58 bits per heavy atom. The van der Waals surface area contributed by atoms with Crippen molar-refractivity contribution < 1.29 is 22.4 Å². The smallest absolute Gasteiger partial charge is 0.264 e. The van der Waals surface area contributed by atoms with Gasteiger partial charge in [-0.25, -0.2) is 0 Å². The van der Waals surface area contributed by atoms with Crippen molar-refractivity contribution in [1.82, 2.24) is 0 Å². The van der Waals surface area contributed by atoms with Gasteiger partial charge in [-0.2, -0.15) is 8.42 Å². The van der Waals surface area contributed by atoms with Crippen LogP contribution in [0.15, 0.2) is 0 Å². The highest BCUT2D eigenvalue weighted by Gasteiger charge is 2.35. The molecule has 0 atom stereocenters. The molecular formula is C6H12O5S. The zero-order valence-corrected chi connectivity index (χ0v) is 7.63. The van der Waals surface area contributed by atoms with E-state index in [1.54, 1.807) is 0 Å². The molecule has 0 aromatic carbocycles.